The van der Waals surface area contributed by atoms with E-state index in [9.17, 15) is 9.59 Å². The van der Waals surface area contributed by atoms with Crippen molar-refractivity contribution in [1.29, 1.82) is 0 Å². The molecule has 0 atom stereocenters. The maximum atomic E-state index is 12.6. The molecular weight excluding hydrogens is 350 g/mol. The summed E-state index contributed by atoms with van der Waals surface area (Å²) in [4.78, 5) is 28.1. The highest BCUT2D eigenvalue weighted by molar-refractivity contribution is 6.30. The van der Waals surface area contributed by atoms with E-state index in [-0.39, 0.29) is 11.8 Å². The van der Waals surface area contributed by atoms with E-state index in [1.54, 1.807) is 24.3 Å². The number of nitrogens with one attached hydrogen (secondary N) is 1. The van der Waals surface area contributed by atoms with Gasteiger partial charge in [0.05, 0.1) is 0 Å². The molecular formula is C20H22ClN3O2. The Hall–Kier alpha value is -2.53. The maximum absolute atomic E-state index is 12.6. The standard InChI is InChI=1S/C20H22ClN3O2/c1-2-19(25)22-17-7-9-18(10-8-17)23-11-13-24(14-12-23)20(26)15-3-5-16(21)6-4-15/h3-10H,2,11-14H2,1H3,(H,22,25). The molecule has 26 heavy (non-hydrogen) atoms. The molecule has 3 rings (SSSR count). The van der Waals surface area contributed by atoms with Crippen molar-refractivity contribution in [2.75, 3.05) is 36.4 Å². The van der Waals surface area contributed by atoms with Gasteiger partial charge in [-0.3, -0.25) is 9.59 Å². The minimum absolute atomic E-state index is 0.00655. The highest BCUT2D eigenvalue weighted by atomic mass is 35.5. The fourth-order valence-electron chi connectivity index (χ4n) is 2.95. The summed E-state index contributed by atoms with van der Waals surface area (Å²) >= 11 is 5.88. The van der Waals surface area contributed by atoms with Crippen LogP contribution < -0.4 is 10.2 Å². The minimum Gasteiger partial charge on any atom is -0.368 e. The lowest BCUT2D eigenvalue weighted by atomic mass is 10.1. The van der Waals surface area contributed by atoms with Gasteiger partial charge in [0, 0.05) is 54.6 Å². The van der Waals surface area contributed by atoms with Gasteiger partial charge in [-0.15, -0.1) is 0 Å². The molecule has 2 aromatic carbocycles. The molecule has 2 aromatic rings. The van der Waals surface area contributed by atoms with Gasteiger partial charge in [0.2, 0.25) is 5.91 Å². The Kier molecular flexibility index (Phi) is 5.78. The van der Waals surface area contributed by atoms with Gasteiger partial charge in [-0.05, 0) is 48.5 Å². The number of carbonyl (C=O) groups excluding carboxylic acids is 2. The molecule has 1 aliphatic rings. The molecule has 0 aliphatic carbocycles. The molecule has 0 saturated carbocycles. The van der Waals surface area contributed by atoms with Crippen molar-refractivity contribution in [2.45, 2.75) is 13.3 Å². The zero-order chi connectivity index (χ0) is 18.5. The molecule has 1 saturated heterocycles. The number of halogens is 1. The van der Waals surface area contributed by atoms with Crippen LogP contribution >= 0.6 is 11.6 Å². The Morgan fingerprint density at radius 3 is 2.15 bits per heavy atom. The molecule has 1 heterocycles. The van der Waals surface area contributed by atoms with E-state index in [1.165, 1.54) is 0 Å². The molecule has 0 bridgehead atoms. The van der Waals surface area contributed by atoms with Crippen LogP contribution in [0.15, 0.2) is 48.5 Å². The molecule has 0 spiro atoms. The Morgan fingerprint density at radius 2 is 1.58 bits per heavy atom. The Morgan fingerprint density at radius 1 is 0.962 bits per heavy atom. The first-order valence-corrected chi connectivity index (χ1v) is 9.14. The molecule has 1 aliphatic heterocycles. The third kappa shape index (κ3) is 4.35. The molecule has 0 radical (unpaired) electrons. The Labute approximate surface area is 158 Å². The first kappa shape index (κ1) is 18.3. The number of rotatable bonds is 4. The van der Waals surface area contributed by atoms with Crippen LogP contribution in [0, 0.1) is 0 Å². The van der Waals surface area contributed by atoms with Crippen LogP contribution in [0.3, 0.4) is 0 Å². The molecule has 0 aromatic heterocycles. The first-order valence-electron chi connectivity index (χ1n) is 8.76. The summed E-state index contributed by atoms with van der Waals surface area (Å²) in [5.74, 6) is 0.0472. The van der Waals surface area contributed by atoms with E-state index in [1.807, 2.05) is 36.1 Å². The van der Waals surface area contributed by atoms with E-state index in [0.717, 1.165) is 24.5 Å². The highest BCUT2D eigenvalue weighted by Gasteiger charge is 2.22. The molecule has 1 fully saturated rings. The summed E-state index contributed by atoms with van der Waals surface area (Å²) in [6, 6.07) is 14.8. The lowest BCUT2D eigenvalue weighted by Crippen LogP contribution is -2.48. The van der Waals surface area contributed by atoms with Gasteiger partial charge in [0.15, 0.2) is 0 Å². The average Bonchev–Trinajstić information content (AvgIpc) is 2.68. The van der Waals surface area contributed by atoms with Crippen molar-refractivity contribution in [3.63, 3.8) is 0 Å². The van der Waals surface area contributed by atoms with E-state index >= 15 is 0 Å². The topological polar surface area (TPSA) is 52.7 Å². The highest BCUT2D eigenvalue weighted by Crippen LogP contribution is 2.20. The van der Waals surface area contributed by atoms with Crippen molar-refractivity contribution in [1.82, 2.24) is 4.90 Å². The van der Waals surface area contributed by atoms with Crippen LogP contribution in [0.5, 0.6) is 0 Å². The quantitative estimate of drug-likeness (QED) is 0.892. The van der Waals surface area contributed by atoms with Gasteiger partial charge >= 0.3 is 0 Å². The van der Waals surface area contributed by atoms with Crippen LogP contribution in [-0.2, 0) is 4.79 Å². The number of carbonyl (C=O) groups is 2. The minimum atomic E-state index is 0.00655. The summed E-state index contributed by atoms with van der Waals surface area (Å²) < 4.78 is 0. The van der Waals surface area contributed by atoms with Crippen LogP contribution in [0.2, 0.25) is 5.02 Å². The summed E-state index contributed by atoms with van der Waals surface area (Å²) in [6.07, 6.45) is 0.464. The van der Waals surface area contributed by atoms with Crippen molar-refractivity contribution >= 4 is 34.8 Å². The summed E-state index contributed by atoms with van der Waals surface area (Å²) in [5.41, 5.74) is 2.56. The first-order chi connectivity index (χ1) is 12.6. The summed E-state index contributed by atoms with van der Waals surface area (Å²) in [7, 11) is 0. The third-order valence-corrected chi connectivity index (χ3v) is 4.75. The monoisotopic (exact) mass is 371 g/mol. The fourth-order valence-corrected chi connectivity index (χ4v) is 3.07. The van der Waals surface area contributed by atoms with Crippen molar-refractivity contribution < 1.29 is 9.59 Å². The molecule has 6 heteroatoms. The number of hydrogen-bond donors (Lipinski definition) is 1. The number of hydrogen-bond acceptors (Lipinski definition) is 3. The van der Waals surface area contributed by atoms with Crippen molar-refractivity contribution in [2.24, 2.45) is 0 Å². The Bertz CT molecular complexity index is 767. The van der Waals surface area contributed by atoms with Gasteiger partial charge in [0.1, 0.15) is 0 Å². The lowest BCUT2D eigenvalue weighted by Gasteiger charge is -2.36. The van der Waals surface area contributed by atoms with Gasteiger partial charge in [-0.25, -0.2) is 0 Å². The van der Waals surface area contributed by atoms with Gasteiger partial charge in [-0.1, -0.05) is 18.5 Å². The number of amides is 2. The largest absolute Gasteiger partial charge is 0.368 e. The van der Waals surface area contributed by atoms with Gasteiger partial charge in [-0.2, -0.15) is 0 Å². The summed E-state index contributed by atoms with van der Waals surface area (Å²) in [5, 5.41) is 3.48. The van der Waals surface area contributed by atoms with E-state index in [2.05, 4.69) is 10.2 Å². The molecule has 5 nitrogen and oxygen atoms in total. The van der Waals surface area contributed by atoms with Crippen LogP contribution in [0.25, 0.3) is 0 Å². The van der Waals surface area contributed by atoms with Gasteiger partial charge < -0.3 is 15.1 Å². The molecule has 0 unspecified atom stereocenters. The smallest absolute Gasteiger partial charge is 0.253 e. The number of anilines is 2. The van der Waals surface area contributed by atoms with E-state index in [0.29, 0.717) is 30.1 Å². The Balaban J connectivity index is 1.57. The second kappa shape index (κ2) is 8.23. The van der Waals surface area contributed by atoms with Gasteiger partial charge in [0.25, 0.3) is 5.91 Å². The zero-order valence-electron chi connectivity index (χ0n) is 14.7. The molecule has 2 amide bonds. The van der Waals surface area contributed by atoms with Crippen LogP contribution in [0.1, 0.15) is 23.7 Å². The normalized spacial score (nSPS) is 14.2. The fraction of sp³-hybridized carbons (Fsp3) is 0.300. The van der Waals surface area contributed by atoms with Crippen molar-refractivity contribution in [3.8, 4) is 0 Å². The summed E-state index contributed by atoms with van der Waals surface area (Å²) in [6.45, 7) is 4.74. The SMILES string of the molecule is CCC(=O)Nc1ccc(N2CCN(C(=O)c3ccc(Cl)cc3)CC2)cc1. The predicted molar refractivity (Wildman–Crippen MR) is 105 cm³/mol. The van der Waals surface area contributed by atoms with Crippen molar-refractivity contribution in [3.05, 3.63) is 59.1 Å². The maximum Gasteiger partial charge on any atom is 0.253 e. The zero-order valence-corrected chi connectivity index (χ0v) is 15.5. The lowest BCUT2D eigenvalue weighted by molar-refractivity contribution is -0.115. The number of piperazine rings is 1. The molecule has 136 valence electrons. The van der Waals surface area contributed by atoms with Crippen LogP contribution in [-0.4, -0.2) is 42.9 Å². The molecule has 1 N–H and O–H groups in total. The average molecular weight is 372 g/mol. The second-order valence-electron chi connectivity index (χ2n) is 6.23. The third-order valence-electron chi connectivity index (χ3n) is 4.50. The number of nitrogens with zero attached hydrogens (tertiary/aromatic N) is 2. The number of benzene rings is 2. The van der Waals surface area contributed by atoms with E-state index in [4.69, 9.17) is 11.6 Å². The second-order valence-corrected chi connectivity index (χ2v) is 6.67. The van der Waals surface area contributed by atoms with E-state index < -0.39 is 0 Å². The van der Waals surface area contributed by atoms with Crippen LogP contribution in [0.4, 0.5) is 11.4 Å². The predicted octanol–water partition coefficient (Wildman–Crippen LogP) is 3.65.